The molecule has 0 radical (unpaired) electrons. The van der Waals surface area contributed by atoms with Crippen molar-refractivity contribution in [2.24, 2.45) is 5.92 Å². The molecule has 4 heteroatoms. The van der Waals surface area contributed by atoms with E-state index >= 15 is 0 Å². The van der Waals surface area contributed by atoms with Crippen LogP contribution in [0.25, 0.3) is 0 Å². The number of aryl methyl sites for hydroxylation is 1. The Kier molecular flexibility index (Phi) is 4.31. The molecule has 1 aromatic rings. The number of methoxy groups -OCH3 is 1. The summed E-state index contributed by atoms with van der Waals surface area (Å²) in [6.45, 7) is 6.14. The Balaban J connectivity index is 2.48. The first kappa shape index (κ1) is 14.8. The highest BCUT2D eigenvalue weighted by Gasteiger charge is 2.30. The molecule has 1 heterocycles. The Bertz CT molecular complexity index is 528. The molecule has 0 amide bonds. The molecule has 1 atom stereocenters. The fraction of sp³-hybridized carbons (Fsp3) is 0.625. The number of ketones is 1. The van der Waals surface area contributed by atoms with Gasteiger partial charge in [0, 0.05) is 23.4 Å². The number of nitrogens with zero attached hydrogens (tertiary/aromatic N) is 1. The summed E-state index contributed by atoms with van der Waals surface area (Å²) in [5, 5.41) is 0. The van der Waals surface area contributed by atoms with Gasteiger partial charge in [0.25, 0.3) is 0 Å². The van der Waals surface area contributed by atoms with Crippen LogP contribution in [0.5, 0.6) is 0 Å². The molecule has 0 fully saturated rings. The van der Waals surface area contributed by atoms with E-state index in [9.17, 15) is 9.59 Å². The lowest BCUT2D eigenvalue weighted by atomic mass is 9.96. The summed E-state index contributed by atoms with van der Waals surface area (Å²) in [6.07, 6.45) is 3.07. The predicted octanol–water partition coefficient (Wildman–Crippen LogP) is 3.08. The molecule has 0 saturated carbocycles. The van der Waals surface area contributed by atoms with Crippen molar-refractivity contribution < 1.29 is 14.3 Å². The molecule has 0 aliphatic heterocycles. The summed E-state index contributed by atoms with van der Waals surface area (Å²) in [4.78, 5) is 24.1. The Morgan fingerprint density at radius 3 is 2.70 bits per heavy atom. The van der Waals surface area contributed by atoms with Crippen LogP contribution in [0.2, 0.25) is 0 Å². The number of rotatable bonds is 4. The first-order valence-electron chi connectivity index (χ1n) is 7.27. The maximum atomic E-state index is 12.1. The van der Waals surface area contributed by atoms with Crippen molar-refractivity contribution in [2.45, 2.75) is 52.5 Å². The van der Waals surface area contributed by atoms with E-state index in [1.54, 1.807) is 0 Å². The Labute approximate surface area is 120 Å². The van der Waals surface area contributed by atoms with E-state index in [-0.39, 0.29) is 17.8 Å². The molecule has 1 aromatic heterocycles. The number of carbonyl (C=O) groups is 2. The van der Waals surface area contributed by atoms with Crippen LogP contribution in [-0.4, -0.2) is 23.4 Å². The summed E-state index contributed by atoms with van der Waals surface area (Å²) < 4.78 is 6.99. The minimum Gasteiger partial charge on any atom is -0.467 e. The number of hydrogen-bond acceptors (Lipinski definition) is 3. The van der Waals surface area contributed by atoms with Crippen molar-refractivity contribution in [1.82, 2.24) is 4.57 Å². The SMILES string of the molecule is COC(=O)C(CC(C)C)n1c(C)cc2c1CCCC2=O. The lowest BCUT2D eigenvalue weighted by Gasteiger charge is -2.24. The number of fused-ring (bicyclic) bond motifs is 1. The van der Waals surface area contributed by atoms with Gasteiger partial charge in [0.05, 0.1) is 7.11 Å². The summed E-state index contributed by atoms with van der Waals surface area (Å²) in [7, 11) is 1.42. The molecule has 1 unspecified atom stereocenters. The van der Waals surface area contributed by atoms with Gasteiger partial charge in [-0.1, -0.05) is 13.8 Å². The first-order valence-corrected chi connectivity index (χ1v) is 7.27. The molecule has 1 aliphatic carbocycles. The maximum absolute atomic E-state index is 12.1. The van der Waals surface area contributed by atoms with E-state index in [0.29, 0.717) is 12.3 Å². The summed E-state index contributed by atoms with van der Waals surface area (Å²) in [5.41, 5.74) is 2.78. The van der Waals surface area contributed by atoms with Crippen molar-refractivity contribution in [3.05, 3.63) is 23.0 Å². The second-order valence-corrected chi connectivity index (χ2v) is 5.96. The quantitative estimate of drug-likeness (QED) is 0.795. The fourth-order valence-corrected chi connectivity index (χ4v) is 3.08. The van der Waals surface area contributed by atoms with E-state index in [2.05, 4.69) is 13.8 Å². The highest BCUT2D eigenvalue weighted by atomic mass is 16.5. The maximum Gasteiger partial charge on any atom is 0.328 e. The number of carbonyl (C=O) groups excluding carboxylic acids is 2. The molecule has 0 bridgehead atoms. The average molecular weight is 277 g/mol. The monoisotopic (exact) mass is 277 g/mol. The average Bonchev–Trinajstić information content (AvgIpc) is 2.73. The molecular weight excluding hydrogens is 254 g/mol. The van der Waals surface area contributed by atoms with Crippen LogP contribution in [-0.2, 0) is 16.0 Å². The van der Waals surface area contributed by atoms with Crippen LogP contribution in [0.4, 0.5) is 0 Å². The van der Waals surface area contributed by atoms with E-state index in [0.717, 1.165) is 36.2 Å². The topological polar surface area (TPSA) is 48.3 Å². The lowest BCUT2D eigenvalue weighted by molar-refractivity contribution is -0.145. The molecule has 0 saturated heterocycles. The predicted molar refractivity (Wildman–Crippen MR) is 76.9 cm³/mol. The largest absolute Gasteiger partial charge is 0.467 e. The molecule has 4 nitrogen and oxygen atoms in total. The number of esters is 1. The molecule has 110 valence electrons. The normalized spacial score (nSPS) is 16.1. The second-order valence-electron chi connectivity index (χ2n) is 5.96. The molecule has 0 N–H and O–H groups in total. The van der Waals surface area contributed by atoms with Gasteiger partial charge < -0.3 is 9.30 Å². The van der Waals surface area contributed by atoms with Crippen molar-refractivity contribution in [3.8, 4) is 0 Å². The minimum atomic E-state index is -0.324. The lowest BCUT2D eigenvalue weighted by Crippen LogP contribution is -2.26. The third kappa shape index (κ3) is 2.65. The molecule has 0 aromatic carbocycles. The Hall–Kier alpha value is -1.58. The highest BCUT2D eigenvalue weighted by molar-refractivity contribution is 5.98. The Morgan fingerprint density at radius 1 is 1.40 bits per heavy atom. The molecule has 1 aliphatic rings. The number of hydrogen-bond donors (Lipinski definition) is 0. The summed E-state index contributed by atoms with van der Waals surface area (Å²) >= 11 is 0. The van der Waals surface area contributed by atoms with Gasteiger partial charge in [0.15, 0.2) is 5.78 Å². The fourth-order valence-electron chi connectivity index (χ4n) is 3.08. The molecular formula is C16H23NO3. The van der Waals surface area contributed by atoms with Crippen molar-refractivity contribution in [2.75, 3.05) is 7.11 Å². The van der Waals surface area contributed by atoms with Crippen LogP contribution in [0.1, 0.15) is 60.9 Å². The van der Waals surface area contributed by atoms with Gasteiger partial charge in [-0.25, -0.2) is 4.79 Å². The number of aromatic nitrogens is 1. The van der Waals surface area contributed by atoms with Crippen LogP contribution in [0.3, 0.4) is 0 Å². The molecule has 20 heavy (non-hydrogen) atoms. The zero-order chi connectivity index (χ0) is 14.9. The first-order chi connectivity index (χ1) is 9.45. The van der Waals surface area contributed by atoms with Crippen molar-refractivity contribution in [3.63, 3.8) is 0 Å². The van der Waals surface area contributed by atoms with Gasteiger partial charge in [0.1, 0.15) is 6.04 Å². The summed E-state index contributed by atoms with van der Waals surface area (Å²) in [5.74, 6) is 0.357. The van der Waals surface area contributed by atoms with Gasteiger partial charge in [-0.3, -0.25) is 4.79 Å². The minimum absolute atomic E-state index is 0.196. The van der Waals surface area contributed by atoms with Crippen molar-refractivity contribution >= 4 is 11.8 Å². The van der Waals surface area contributed by atoms with Gasteiger partial charge in [-0.05, 0) is 38.2 Å². The third-order valence-corrected chi connectivity index (χ3v) is 3.93. The molecule has 2 rings (SSSR count). The zero-order valence-electron chi connectivity index (χ0n) is 12.7. The van der Waals surface area contributed by atoms with E-state index < -0.39 is 0 Å². The van der Waals surface area contributed by atoms with E-state index in [1.165, 1.54) is 7.11 Å². The smallest absolute Gasteiger partial charge is 0.328 e. The molecule has 0 spiro atoms. The summed E-state index contributed by atoms with van der Waals surface area (Å²) in [6, 6.07) is 1.60. The standard InChI is InChI=1S/C16H23NO3/c1-10(2)8-14(16(19)20-4)17-11(3)9-12-13(17)6-5-7-15(12)18/h9-10,14H,5-8H2,1-4H3. The third-order valence-electron chi connectivity index (χ3n) is 3.93. The van der Waals surface area contributed by atoms with Crippen molar-refractivity contribution in [1.29, 1.82) is 0 Å². The van der Waals surface area contributed by atoms with Gasteiger partial charge in [-0.2, -0.15) is 0 Å². The van der Waals surface area contributed by atoms with E-state index in [4.69, 9.17) is 4.74 Å². The second kappa shape index (κ2) is 5.81. The zero-order valence-corrected chi connectivity index (χ0v) is 12.7. The van der Waals surface area contributed by atoms with Gasteiger partial charge in [0.2, 0.25) is 0 Å². The highest BCUT2D eigenvalue weighted by Crippen LogP contribution is 2.31. The van der Waals surface area contributed by atoms with Crippen LogP contribution < -0.4 is 0 Å². The number of ether oxygens (including phenoxy) is 1. The van der Waals surface area contributed by atoms with Gasteiger partial charge >= 0.3 is 5.97 Å². The van der Waals surface area contributed by atoms with E-state index in [1.807, 2.05) is 17.6 Å². The Morgan fingerprint density at radius 2 is 2.10 bits per heavy atom. The van der Waals surface area contributed by atoms with Crippen LogP contribution >= 0.6 is 0 Å². The number of Topliss-reactive ketones (excluding diaryl/α,β-unsaturated/α-hetero) is 1. The van der Waals surface area contributed by atoms with Gasteiger partial charge in [-0.15, -0.1) is 0 Å². The van der Waals surface area contributed by atoms with Crippen LogP contribution in [0, 0.1) is 12.8 Å². The van der Waals surface area contributed by atoms with Crippen LogP contribution in [0.15, 0.2) is 6.07 Å².